The van der Waals surface area contributed by atoms with Crippen LogP contribution in [-0.4, -0.2) is 29.1 Å². The van der Waals surface area contributed by atoms with Crippen LogP contribution in [0.4, 0.5) is 0 Å². The zero-order valence-corrected chi connectivity index (χ0v) is 14.0. The smallest absolute Gasteiger partial charge is 0.231 e. The van der Waals surface area contributed by atoms with Crippen molar-refractivity contribution in [1.82, 2.24) is 5.32 Å². The van der Waals surface area contributed by atoms with Crippen molar-refractivity contribution in [3.63, 3.8) is 0 Å². The van der Waals surface area contributed by atoms with Crippen LogP contribution in [-0.2, 0) is 13.0 Å². The average molecular weight is 341 g/mol. The second kappa shape index (κ2) is 7.04. The van der Waals surface area contributed by atoms with Gasteiger partial charge in [-0.05, 0) is 48.1 Å². The van der Waals surface area contributed by atoms with Crippen LogP contribution in [0.5, 0.6) is 11.5 Å². The van der Waals surface area contributed by atoms with E-state index in [1.807, 2.05) is 36.4 Å². The van der Waals surface area contributed by atoms with Gasteiger partial charge in [-0.25, -0.2) is 0 Å². The molecule has 0 saturated carbocycles. The molecular weight excluding hydrogens is 318 g/mol. The Morgan fingerprint density at radius 2 is 1.76 bits per heavy atom. The Bertz CT molecular complexity index is 731. The Hall–Kier alpha value is -2.08. The highest BCUT2D eigenvalue weighted by molar-refractivity contribution is 5.44. The van der Waals surface area contributed by atoms with E-state index in [0.29, 0.717) is 12.8 Å². The number of fused-ring (bicyclic) bond motifs is 1. The van der Waals surface area contributed by atoms with E-state index in [2.05, 4.69) is 11.4 Å². The normalized spacial score (nSPS) is 23.0. The molecule has 0 bridgehead atoms. The molecule has 3 unspecified atom stereocenters. The van der Waals surface area contributed by atoms with Gasteiger partial charge in [-0.15, -0.1) is 0 Å². The third-order valence-electron chi connectivity index (χ3n) is 5.08. The number of hydrogen-bond donors (Lipinski definition) is 3. The first-order chi connectivity index (χ1) is 12.2. The van der Waals surface area contributed by atoms with Crippen molar-refractivity contribution >= 4 is 0 Å². The van der Waals surface area contributed by atoms with Gasteiger partial charge >= 0.3 is 0 Å². The van der Waals surface area contributed by atoms with Crippen LogP contribution in [0.3, 0.4) is 0 Å². The first-order valence-corrected chi connectivity index (χ1v) is 8.75. The maximum absolute atomic E-state index is 10.6. The number of aliphatic hydroxyl groups is 2. The summed E-state index contributed by atoms with van der Waals surface area (Å²) in [6.07, 6.45) is 2.35. The van der Waals surface area contributed by atoms with Crippen molar-refractivity contribution in [1.29, 1.82) is 0 Å². The van der Waals surface area contributed by atoms with Crippen molar-refractivity contribution in [3.05, 3.63) is 59.2 Å². The largest absolute Gasteiger partial charge is 0.454 e. The molecule has 5 heteroatoms. The lowest BCUT2D eigenvalue weighted by molar-refractivity contribution is 0.135. The molecule has 3 atom stereocenters. The zero-order chi connectivity index (χ0) is 17.2. The van der Waals surface area contributed by atoms with E-state index >= 15 is 0 Å². The molecule has 132 valence electrons. The van der Waals surface area contributed by atoms with Crippen LogP contribution in [0.1, 0.15) is 35.6 Å². The van der Waals surface area contributed by atoms with Gasteiger partial charge in [0.05, 0.1) is 12.7 Å². The number of hydrogen-bond acceptors (Lipinski definition) is 5. The maximum Gasteiger partial charge on any atom is 0.231 e. The SMILES string of the molecule is OCc1ccc(C(O)C2CCC(Cc3ccc4c(c3)OCO4)N2)cc1. The Balaban J connectivity index is 1.37. The first-order valence-electron chi connectivity index (χ1n) is 8.75. The van der Waals surface area contributed by atoms with Gasteiger partial charge in [0.2, 0.25) is 6.79 Å². The summed E-state index contributed by atoms with van der Waals surface area (Å²) < 4.78 is 10.8. The van der Waals surface area contributed by atoms with E-state index in [1.54, 1.807) is 0 Å². The van der Waals surface area contributed by atoms with Crippen molar-refractivity contribution < 1.29 is 19.7 Å². The van der Waals surface area contributed by atoms with Crippen LogP contribution in [0.25, 0.3) is 0 Å². The summed E-state index contributed by atoms with van der Waals surface area (Å²) >= 11 is 0. The fourth-order valence-corrected chi connectivity index (χ4v) is 3.67. The molecule has 2 aromatic carbocycles. The highest BCUT2D eigenvalue weighted by Gasteiger charge is 2.30. The Kier molecular flexibility index (Phi) is 4.61. The molecule has 25 heavy (non-hydrogen) atoms. The molecule has 2 aromatic rings. The maximum atomic E-state index is 10.6. The standard InChI is InChI=1S/C20H23NO4/c22-11-13-1-4-15(5-2-13)20(23)17-7-6-16(21-17)9-14-3-8-18-19(10-14)25-12-24-18/h1-5,8,10,16-17,20-23H,6-7,9,11-12H2. The van der Waals surface area contributed by atoms with Gasteiger partial charge in [0.15, 0.2) is 11.5 Å². The number of nitrogens with one attached hydrogen (secondary N) is 1. The third kappa shape index (κ3) is 3.49. The van der Waals surface area contributed by atoms with E-state index < -0.39 is 6.10 Å². The van der Waals surface area contributed by atoms with E-state index in [0.717, 1.165) is 41.9 Å². The second-order valence-electron chi connectivity index (χ2n) is 6.78. The monoisotopic (exact) mass is 341 g/mol. The Morgan fingerprint density at radius 3 is 2.56 bits per heavy atom. The van der Waals surface area contributed by atoms with Crippen molar-refractivity contribution in [2.24, 2.45) is 0 Å². The number of rotatable bonds is 5. The molecule has 0 amide bonds. The van der Waals surface area contributed by atoms with Crippen LogP contribution in [0, 0.1) is 0 Å². The molecule has 2 aliphatic heterocycles. The zero-order valence-electron chi connectivity index (χ0n) is 14.0. The molecule has 0 radical (unpaired) electrons. The summed E-state index contributed by atoms with van der Waals surface area (Å²) in [5, 5.41) is 23.3. The lowest BCUT2D eigenvalue weighted by atomic mass is 9.99. The predicted octanol–water partition coefficient (Wildman–Crippen LogP) is 2.30. The molecule has 0 aromatic heterocycles. The average Bonchev–Trinajstić information content (AvgIpc) is 3.30. The molecule has 0 spiro atoms. The lowest BCUT2D eigenvalue weighted by Gasteiger charge is -2.21. The first kappa shape index (κ1) is 16.4. The molecule has 3 N–H and O–H groups in total. The molecule has 2 aliphatic rings. The van der Waals surface area contributed by atoms with E-state index in [9.17, 15) is 5.11 Å². The quantitative estimate of drug-likeness (QED) is 0.778. The topological polar surface area (TPSA) is 71.0 Å². The molecule has 5 nitrogen and oxygen atoms in total. The fourth-order valence-electron chi connectivity index (χ4n) is 3.67. The highest BCUT2D eigenvalue weighted by Crippen LogP contribution is 2.34. The van der Waals surface area contributed by atoms with Crippen LogP contribution in [0.15, 0.2) is 42.5 Å². The lowest BCUT2D eigenvalue weighted by Crippen LogP contribution is -2.35. The van der Waals surface area contributed by atoms with E-state index in [4.69, 9.17) is 14.6 Å². The summed E-state index contributed by atoms with van der Waals surface area (Å²) in [7, 11) is 0. The van der Waals surface area contributed by atoms with E-state index in [1.165, 1.54) is 5.56 Å². The summed E-state index contributed by atoms with van der Waals surface area (Å²) in [6, 6.07) is 14.0. The summed E-state index contributed by atoms with van der Waals surface area (Å²) in [5.74, 6) is 1.62. The number of benzene rings is 2. The van der Waals surface area contributed by atoms with Crippen LogP contribution < -0.4 is 14.8 Å². The van der Waals surface area contributed by atoms with Gasteiger partial charge in [0.1, 0.15) is 0 Å². The van der Waals surface area contributed by atoms with Gasteiger partial charge in [0, 0.05) is 12.1 Å². The van der Waals surface area contributed by atoms with Crippen LogP contribution >= 0.6 is 0 Å². The molecule has 0 aliphatic carbocycles. The summed E-state index contributed by atoms with van der Waals surface area (Å²) in [5.41, 5.74) is 2.96. The van der Waals surface area contributed by atoms with Gasteiger partial charge in [0.25, 0.3) is 0 Å². The number of ether oxygens (including phenoxy) is 2. The van der Waals surface area contributed by atoms with Gasteiger partial charge < -0.3 is 25.0 Å². The Labute approximate surface area is 147 Å². The minimum atomic E-state index is -0.533. The predicted molar refractivity (Wildman–Crippen MR) is 93.5 cm³/mol. The van der Waals surface area contributed by atoms with Gasteiger partial charge in [-0.1, -0.05) is 30.3 Å². The van der Waals surface area contributed by atoms with Crippen molar-refractivity contribution in [2.45, 2.75) is 44.1 Å². The molecule has 4 rings (SSSR count). The van der Waals surface area contributed by atoms with Gasteiger partial charge in [-0.3, -0.25) is 0 Å². The van der Waals surface area contributed by atoms with Crippen molar-refractivity contribution in [3.8, 4) is 11.5 Å². The summed E-state index contributed by atoms with van der Waals surface area (Å²) in [4.78, 5) is 0. The molecule has 1 fully saturated rings. The van der Waals surface area contributed by atoms with Gasteiger partial charge in [-0.2, -0.15) is 0 Å². The number of aliphatic hydroxyl groups excluding tert-OH is 2. The summed E-state index contributed by atoms with van der Waals surface area (Å²) in [6.45, 7) is 0.319. The minimum absolute atomic E-state index is 0.0235. The molecular formula is C20H23NO4. The highest BCUT2D eigenvalue weighted by atomic mass is 16.7. The van der Waals surface area contributed by atoms with Crippen molar-refractivity contribution in [2.75, 3.05) is 6.79 Å². The fraction of sp³-hybridized carbons (Fsp3) is 0.400. The van der Waals surface area contributed by atoms with Crippen LogP contribution in [0.2, 0.25) is 0 Å². The van der Waals surface area contributed by atoms with E-state index in [-0.39, 0.29) is 12.6 Å². The molecule has 2 heterocycles. The molecule has 1 saturated heterocycles. The Morgan fingerprint density at radius 1 is 1.00 bits per heavy atom. The third-order valence-corrected chi connectivity index (χ3v) is 5.08. The minimum Gasteiger partial charge on any atom is -0.454 e. The second-order valence-corrected chi connectivity index (χ2v) is 6.78.